The number of nitrogens with zero attached hydrogens (tertiary/aromatic N) is 2. The van der Waals surface area contributed by atoms with Crippen LogP contribution >= 0.6 is 11.3 Å². The molecular weight excluding hydrogens is 346 g/mol. The monoisotopic (exact) mass is 367 g/mol. The van der Waals surface area contributed by atoms with Gasteiger partial charge in [-0.2, -0.15) is 0 Å². The molecule has 1 aromatic heterocycles. The van der Waals surface area contributed by atoms with Gasteiger partial charge in [0.25, 0.3) is 0 Å². The van der Waals surface area contributed by atoms with Crippen molar-refractivity contribution < 1.29 is 9.53 Å². The molecule has 6 heteroatoms. The van der Waals surface area contributed by atoms with Crippen LogP contribution < -0.4 is 10.1 Å². The number of benzene rings is 2. The summed E-state index contributed by atoms with van der Waals surface area (Å²) in [6.45, 7) is 2.18. The number of amides is 1. The van der Waals surface area contributed by atoms with Crippen LogP contribution in [0.2, 0.25) is 0 Å². The molecule has 0 bridgehead atoms. The van der Waals surface area contributed by atoms with Crippen molar-refractivity contribution in [2.24, 2.45) is 0 Å². The zero-order chi connectivity index (χ0) is 18.5. The van der Waals surface area contributed by atoms with Gasteiger partial charge in [0.2, 0.25) is 5.91 Å². The first kappa shape index (κ1) is 17.9. The van der Waals surface area contributed by atoms with Crippen LogP contribution in [0.1, 0.15) is 12.5 Å². The topological polar surface area (TPSA) is 54.5 Å². The van der Waals surface area contributed by atoms with E-state index in [1.165, 1.54) is 0 Å². The molecule has 1 N–H and O–H groups in total. The van der Waals surface area contributed by atoms with Crippen LogP contribution in [0.5, 0.6) is 5.75 Å². The van der Waals surface area contributed by atoms with Crippen molar-refractivity contribution in [1.29, 1.82) is 0 Å². The van der Waals surface area contributed by atoms with E-state index in [1.54, 1.807) is 37.3 Å². The minimum absolute atomic E-state index is 0.0582. The number of methoxy groups -OCH3 is 1. The number of aromatic nitrogens is 1. The SMILES string of the molecule is COc1ccc(Nc2nc(-c3ccc(CN(C)C(C)=O)cc3)cs2)cc1. The number of hydrogen-bond donors (Lipinski definition) is 1. The zero-order valence-corrected chi connectivity index (χ0v) is 15.8. The lowest BCUT2D eigenvalue weighted by Gasteiger charge is -2.14. The lowest BCUT2D eigenvalue weighted by atomic mass is 10.1. The Morgan fingerprint density at radius 2 is 1.85 bits per heavy atom. The Morgan fingerprint density at radius 3 is 2.46 bits per heavy atom. The molecule has 3 aromatic rings. The van der Waals surface area contributed by atoms with E-state index in [4.69, 9.17) is 4.74 Å². The third-order valence-corrected chi connectivity index (χ3v) is 4.81. The molecule has 0 radical (unpaired) electrons. The van der Waals surface area contributed by atoms with Gasteiger partial charge in [-0.25, -0.2) is 4.98 Å². The van der Waals surface area contributed by atoms with Crippen molar-refractivity contribution in [2.45, 2.75) is 13.5 Å². The summed E-state index contributed by atoms with van der Waals surface area (Å²) in [6.07, 6.45) is 0. The maximum absolute atomic E-state index is 11.3. The molecule has 0 spiro atoms. The van der Waals surface area contributed by atoms with Gasteiger partial charge in [-0.15, -0.1) is 11.3 Å². The Kier molecular flexibility index (Phi) is 5.53. The Bertz CT molecular complexity index is 873. The lowest BCUT2D eigenvalue weighted by molar-refractivity contribution is -0.128. The second-order valence-corrected chi connectivity index (χ2v) is 6.82. The molecule has 1 amide bonds. The minimum atomic E-state index is 0.0582. The van der Waals surface area contributed by atoms with Gasteiger partial charge in [0.1, 0.15) is 5.75 Å². The number of ether oxygens (including phenoxy) is 1. The Labute approximate surface area is 157 Å². The van der Waals surface area contributed by atoms with Crippen LogP contribution in [0, 0.1) is 0 Å². The number of carbonyl (C=O) groups is 1. The molecule has 1 heterocycles. The van der Waals surface area contributed by atoms with Gasteiger partial charge in [0, 0.05) is 37.1 Å². The fraction of sp³-hybridized carbons (Fsp3) is 0.200. The maximum Gasteiger partial charge on any atom is 0.219 e. The summed E-state index contributed by atoms with van der Waals surface area (Å²) in [5.74, 6) is 0.883. The normalized spacial score (nSPS) is 10.4. The molecule has 3 rings (SSSR count). The van der Waals surface area contributed by atoms with Gasteiger partial charge in [0.05, 0.1) is 12.8 Å². The molecular formula is C20H21N3O2S. The predicted octanol–water partition coefficient (Wildman–Crippen LogP) is 4.54. The second kappa shape index (κ2) is 8.01. The summed E-state index contributed by atoms with van der Waals surface area (Å²) in [5.41, 5.74) is 4.04. The molecule has 134 valence electrons. The van der Waals surface area contributed by atoms with E-state index >= 15 is 0 Å². The second-order valence-electron chi connectivity index (χ2n) is 5.96. The molecule has 0 atom stereocenters. The largest absolute Gasteiger partial charge is 0.497 e. The van der Waals surface area contributed by atoms with E-state index < -0.39 is 0 Å². The quantitative estimate of drug-likeness (QED) is 0.695. The first-order valence-corrected chi connectivity index (χ1v) is 9.11. The summed E-state index contributed by atoms with van der Waals surface area (Å²) in [4.78, 5) is 17.7. The number of carbonyl (C=O) groups excluding carboxylic acids is 1. The molecule has 0 fully saturated rings. The van der Waals surface area contributed by atoms with Crippen molar-refractivity contribution >= 4 is 28.1 Å². The van der Waals surface area contributed by atoms with Crippen molar-refractivity contribution in [1.82, 2.24) is 9.88 Å². The molecule has 0 aliphatic carbocycles. The van der Waals surface area contributed by atoms with Gasteiger partial charge >= 0.3 is 0 Å². The molecule has 5 nitrogen and oxygen atoms in total. The fourth-order valence-electron chi connectivity index (χ4n) is 2.43. The van der Waals surface area contributed by atoms with E-state index in [1.807, 2.05) is 53.9 Å². The third kappa shape index (κ3) is 4.40. The van der Waals surface area contributed by atoms with E-state index in [2.05, 4.69) is 10.3 Å². The number of hydrogen-bond acceptors (Lipinski definition) is 5. The van der Waals surface area contributed by atoms with Crippen LogP contribution in [0.4, 0.5) is 10.8 Å². The van der Waals surface area contributed by atoms with Gasteiger partial charge in [-0.05, 0) is 29.8 Å². The summed E-state index contributed by atoms with van der Waals surface area (Å²) in [5, 5.41) is 6.17. The molecule has 0 aliphatic rings. The average Bonchev–Trinajstić information content (AvgIpc) is 3.11. The van der Waals surface area contributed by atoms with Crippen LogP contribution in [0.15, 0.2) is 53.9 Å². The first-order chi connectivity index (χ1) is 12.5. The summed E-state index contributed by atoms with van der Waals surface area (Å²) in [6, 6.07) is 15.9. The Morgan fingerprint density at radius 1 is 1.15 bits per heavy atom. The number of anilines is 2. The lowest BCUT2D eigenvalue weighted by Crippen LogP contribution is -2.22. The van der Waals surface area contributed by atoms with E-state index in [9.17, 15) is 4.79 Å². The number of nitrogens with one attached hydrogen (secondary N) is 1. The molecule has 0 aliphatic heterocycles. The van der Waals surface area contributed by atoms with Crippen LogP contribution in [0.25, 0.3) is 11.3 Å². The van der Waals surface area contributed by atoms with Gasteiger partial charge in [-0.1, -0.05) is 24.3 Å². The van der Waals surface area contributed by atoms with Crippen molar-refractivity contribution in [3.63, 3.8) is 0 Å². The summed E-state index contributed by atoms with van der Waals surface area (Å²) >= 11 is 1.56. The molecule has 0 unspecified atom stereocenters. The standard InChI is InChI=1S/C20H21N3O2S/c1-14(24)23(2)12-15-4-6-16(7-5-15)19-13-26-20(22-19)21-17-8-10-18(25-3)11-9-17/h4-11,13H,12H2,1-3H3,(H,21,22). The Hall–Kier alpha value is -2.86. The number of thiazole rings is 1. The smallest absolute Gasteiger partial charge is 0.219 e. The van der Waals surface area contributed by atoms with Crippen LogP contribution in [-0.4, -0.2) is 29.9 Å². The van der Waals surface area contributed by atoms with Crippen molar-refractivity contribution in [3.8, 4) is 17.0 Å². The zero-order valence-electron chi connectivity index (χ0n) is 15.0. The highest BCUT2D eigenvalue weighted by molar-refractivity contribution is 7.14. The highest BCUT2D eigenvalue weighted by Crippen LogP contribution is 2.28. The van der Waals surface area contributed by atoms with Gasteiger partial charge < -0.3 is 15.0 Å². The summed E-state index contributed by atoms with van der Waals surface area (Å²) < 4.78 is 5.17. The van der Waals surface area contributed by atoms with Gasteiger partial charge in [0.15, 0.2) is 5.13 Å². The van der Waals surface area contributed by atoms with Crippen molar-refractivity contribution in [2.75, 3.05) is 19.5 Å². The first-order valence-electron chi connectivity index (χ1n) is 8.23. The van der Waals surface area contributed by atoms with E-state index in [0.717, 1.165) is 33.4 Å². The molecule has 2 aromatic carbocycles. The van der Waals surface area contributed by atoms with E-state index in [0.29, 0.717) is 6.54 Å². The Balaban J connectivity index is 1.67. The van der Waals surface area contributed by atoms with E-state index in [-0.39, 0.29) is 5.91 Å². The predicted molar refractivity (Wildman–Crippen MR) is 106 cm³/mol. The average molecular weight is 367 g/mol. The highest BCUT2D eigenvalue weighted by atomic mass is 32.1. The molecule has 0 saturated carbocycles. The minimum Gasteiger partial charge on any atom is -0.497 e. The highest BCUT2D eigenvalue weighted by Gasteiger charge is 2.07. The van der Waals surface area contributed by atoms with Crippen LogP contribution in [0.3, 0.4) is 0 Å². The molecule has 0 saturated heterocycles. The van der Waals surface area contributed by atoms with Gasteiger partial charge in [-0.3, -0.25) is 4.79 Å². The van der Waals surface area contributed by atoms with Crippen LogP contribution in [-0.2, 0) is 11.3 Å². The summed E-state index contributed by atoms with van der Waals surface area (Å²) in [7, 11) is 3.45. The maximum atomic E-state index is 11.3. The van der Waals surface area contributed by atoms with Crippen molar-refractivity contribution in [3.05, 3.63) is 59.5 Å². The third-order valence-electron chi connectivity index (χ3n) is 4.05. The fourth-order valence-corrected chi connectivity index (χ4v) is 3.17. The molecule has 26 heavy (non-hydrogen) atoms. The number of rotatable bonds is 6.